The summed E-state index contributed by atoms with van der Waals surface area (Å²) in [5.74, 6) is 2.80. The van der Waals surface area contributed by atoms with Crippen LogP contribution in [0.1, 0.15) is 52.4 Å². The summed E-state index contributed by atoms with van der Waals surface area (Å²) >= 11 is 0. The molecule has 0 N–H and O–H groups in total. The van der Waals surface area contributed by atoms with Crippen molar-refractivity contribution in [3.63, 3.8) is 0 Å². The van der Waals surface area contributed by atoms with Crippen LogP contribution >= 0.6 is 0 Å². The van der Waals surface area contributed by atoms with Gasteiger partial charge in [0, 0.05) is 44.1 Å². The molecule has 0 atom stereocenters. The molecule has 132 valence electrons. The molecule has 0 aromatic carbocycles. The van der Waals surface area contributed by atoms with Gasteiger partial charge in [-0.05, 0) is 37.5 Å². The first kappa shape index (κ1) is 17.2. The number of hydrogen-bond donors (Lipinski definition) is 0. The summed E-state index contributed by atoms with van der Waals surface area (Å²) in [6, 6.07) is 1.78. The molecule has 0 unspecified atom stereocenters. The van der Waals surface area contributed by atoms with E-state index in [4.69, 9.17) is 4.74 Å². The number of aromatic nitrogens is 2. The van der Waals surface area contributed by atoms with Crippen LogP contribution in [0, 0.1) is 17.8 Å². The molecular weight excluding hydrogens is 302 g/mol. The van der Waals surface area contributed by atoms with Crippen LogP contribution in [0.4, 0.5) is 0 Å². The minimum Gasteiger partial charge on any atom is -0.474 e. The van der Waals surface area contributed by atoms with Crippen molar-refractivity contribution in [3.05, 3.63) is 18.6 Å². The van der Waals surface area contributed by atoms with E-state index in [1.54, 1.807) is 12.3 Å². The minimum atomic E-state index is 0.153. The van der Waals surface area contributed by atoms with E-state index in [-0.39, 0.29) is 12.0 Å². The third kappa shape index (κ3) is 4.25. The van der Waals surface area contributed by atoms with Crippen LogP contribution in [-0.4, -0.2) is 40.0 Å². The van der Waals surface area contributed by atoms with Gasteiger partial charge < -0.3 is 9.64 Å². The third-order valence-electron chi connectivity index (χ3n) is 5.66. The highest BCUT2D eigenvalue weighted by Gasteiger charge is 2.32. The Morgan fingerprint density at radius 2 is 1.88 bits per heavy atom. The topological polar surface area (TPSA) is 55.3 Å². The SMILES string of the molecule is CC(C)C1CCC(C(=O)N2CCC(Oc3ccncn3)CC2)CC1. The Hall–Kier alpha value is -1.65. The Kier molecular flexibility index (Phi) is 5.69. The smallest absolute Gasteiger partial charge is 0.225 e. The molecule has 1 saturated carbocycles. The van der Waals surface area contributed by atoms with Crippen molar-refractivity contribution in [2.75, 3.05) is 13.1 Å². The molecule has 1 aliphatic carbocycles. The normalized spacial score (nSPS) is 25.7. The van der Waals surface area contributed by atoms with Gasteiger partial charge in [0.05, 0.1) is 0 Å². The molecule has 1 aromatic heterocycles. The Morgan fingerprint density at radius 3 is 2.46 bits per heavy atom. The van der Waals surface area contributed by atoms with Crippen molar-refractivity contribution in [3.8, 4) is 5.88 Å². The van der Waals surface area contributed by atoms with Crippen LogP contribution in [-0.2, 0) is 4.79 Å². The number of nitrogens with zero attached hydrogens (tertiary/aromatic N) is 3. The minimum absolute atomic E-state index is 0.153. The van der Waals surface area contributed by atoms with Crippen LogP contribution < -0.4 is 4.74 Å². The first-order valence-electron chi connectivity index (χ1n) is 9.35. The summed E-state index contributed by atoms with van der Waals surface area (Å²) in [6.07, 6.45) is 9.67. The summed E-state index contributed by atoms with van der Waals surface area (Å²) in [6.45, 7) is 6.21. The summed E-state index contributed by atoms with van der Waals surface area (Å²) in [5.41, 5.74) is 0. The fraction of sp³-hybridized carbons (Fsp3) is 0.737. The number of likely N-dealkylation sites (tertiary alicyclic amines) is 1. The maximum absolute atomic E-state index is 12.8. The lowest BCUT2D eigenvalue weighted by Gasteiger charge is -2.36. The average molecular weight is 331 g/mol. The van der Waals surface area contributed by atoms with Crippen LogP contribution in [0.15, 0.2) is 18.6 Å². The molecule has 1 amide bonds. The highest BCUT2D eigenvalue weighted by atomic mass is 16.5. The first-order valence-corrected chi connectivity index (χ1v) is 9.35. The van der Waals surface area contributed by atoms with Crippen molar-refractivity contribution in [1.29, 1.82) is 0 Å². The molecule has 2 aliphatic rings. The summed E-state index contributed by atoms with van der Waals surface area (Å²) < 4.78 is 5.88. The monoisotopic (exact) mass is 331 g/mol. The van der Waals surface area contributed by atoms with Crippen molar-refractivity contribution < 1.29 is 9.53 Å². The molecule has 0 bridgehead atoms. The first-order chi connectivity index (χ1) is 11.6. The lowest BCUT2D eigenvalue weighted by Crippen LogP contribution is -2.45. The Morgan fingerprint density at radius 1 is 1.17 bits per heavy atom. The highest BCUT2D eigenvalue weighted by molar-refractivity contribution is 5.79. The number of piperidine rings is 1. The number of rotatable bonds is 4. The average Bonchev–Trinajstić information content (AvgIpc) is 2.63. The van der Waals surface area contributed by atoms with Gasteiger partial charge in [0.2, 0.25) is 11.8 Å². The second-order valence-electron chi connectivity index (χ2n) is 7.55. The lowest BCUT2D eigenvalue weighted by molar-refractivity contribution is -0.138. The third-order valence-corrected chi connectivity index (χ3v) is 5.66. The van der Waals surface area contributed by atoms with Gasteiger partial charge in [0.1, 0.15) is 12.4 Å². The van der Waals surface area contributed by atoms with Crippen molar-refractivity contribution in [1.82, 2.24) is 14.9 Å². The quantitative estimate of drug-likeness (QED) is 0.849. The number of ether oxygens (including phenoxy) is 1. The van der Waals surface area contributed by atoms with E-state index in [9.17, 15) is 4.79 Å². The maximum Gasteiger partial charge on any atom is 0.225 e. The number of hydrogen-bond acceptors (Lipinski definition) is 4. The standard InChI is InChI=1S/C19H29N3O2/c1-14(2)15-3-5-16(6-4-15)19(23)22-11-8-17(9-12-22)24-18-7-10-20-13-21-18/h7,10,13-17H,3-6,8-9,11-12H2,1-2H3. The molecule has 5 nitrogen and oxygen atoms in total. The van der Waals surface area contributed by atoms with E-state index < -0.39 is 0 Å². The highest BCUT2D eigenvalue weighted by Crippen LogP contribution is 2.34. The van der Waals surface area contributed by atoms with Gasteiger partial charge in [0.15, 0.2) is 0 Å². The molecule has 5 heteroatoms. The fourth-order valence-corrected chi connectivity index (χ4v) is 4.00. The molecule has 1 aliphatic heterocycles. The van der Waals surface area contributed by atoms with Gasteiger partial charge in [-0.3, -0.25) is 4.79 Å². The largest absolute Gasteiger partial charge is 0.474 e. The van der Waals surface area contributed by atoms with Crippen molar-refractivity contribution in [2.24, 2.45) is 17.8 Å². The summed E-state index contributed by atoms with van der Waals surface area (Å²) in [5, 5.41) is 0. The predicted octanol–water partition coefficient (Wildman–Crippen LogP) is 3.31. The van der Waals surface area contributed by atoms with Gasteiger partial charge in [-0.1, -0.05) is 13.8 Å². The Balaban J connectivity index is 1.44. The summed E-state index contributed by atoms with van der Waals surface area (Å²) in [7, 11) is 0. The van der Waals surface area contributed by atoms with E-state index in [0.29, 0.717) is 11.8 Å². The lowest BCUT2D eigenvalue weighted by atomic mass is 9.76. The zero-order valence-corrected chi connectivity index (χ0v) is 14.9. The molecule has 3 rings (SSSR count). The van der Waals surface area contributed by atoms with E-state index in [1.165, 1.54) is 19.2 Å². The molecule has 2 heterocycles. The van der Waals surface area contributed by atoms with Crippen LogP contribution in [0.3, 0.4) is 0 Å². The van der Waals surface area contributed by atoms with E-state index in [0.717, 1.165) is 50.6 Å². The predicted molar refractivity (Wildman–Crippen MR) is 92.5 cm³/mol. The van der Waals surface area contributed by atoms with Crippen LogP contribution in [0.25, 0.3) is 0 Å². The molecule has 24 heavy (non-hydrogen) atoms. The van der Waals surface area contributed by atoms with E-state index in [1.807, 2.05) is 0 Å². The van der Waals surface area contributed by atoms with Gasteiger partial charge in [-0.25, -0.2) is 9.97 Å². The van der Waals surface area contributed by atoms with Gasteiger partial charge in [-0.15, -0.1) is 0 Å². The van der Waals surface area contributed by atoms with E-state index >= 15 is 0 Å². The molecule has 1 aromatic rings. The number of carbonyl (C=O) groups excluding carboxylic acids is 1. The zero-order chi connectivity index (χ0) is 16.9. The van der Waals surface area contributed by atoms with Crippen molar-refractivity contribution in [2.45, 2.75) is 58.5 Å². The maximum atomic E-state index is 12.8. The zero-order valence-electron chi connectivity index (χ0n) is 14.9. The molecule has 2 fully saturated rings. The Labute approximate surface area is 144 Å². The fourth-order valence-electron chi connectivity index (χ4n) is 4.00. The van der Waals surface area contributed by atoms with Gasteiger partial charge >= 0.3 is 0 Å². The molecule has 0 spiro atoms. The number of carbonyl (C=O) groups is 1. The molecule has 0 radical (unpaired) electrons. The number of amides is 1. The second kappa shape index (κ2) is 7.95. The Bertz CT molecular complexity index is 519. The van der Waals surface area contributed by atoms with Crippen LogP contribution in [0.2, 0.25) is 0 Å². The van der Waals surface area contributed by atoms with Crippen LogP contribution in [0.5, 0.6) is 5.88 Å². The van der Waals surface area contributed by atoms with Gasteiger partial charge in [-0.2, -0.15) is 0 Å². The summed E-state index contributed by atoms with van der Waals surface area (Å²) in [4.78, 5) is 22.8. The van der Waals surface area contributed by atoms with Gasteiger partial charge in [0.25, 0.3) is 0 Å². The molecular formula is C19H29N3O2. The van der Waals surface area contributed by atoms with Crippen molar-refractivity contribution >= 4 is 5.91 Å². The van der Waals surface area contributed by atoms with E-state index in [2.05, 4.69) is 28.7 Å². The molecule has 1 saturated heterocycles. The second-order valence-corrected chi connectivity index (χ2v) is 7.55.